The van der Waals surface area contributed by atoms with Crippen LogP contribution < -0.4 is 5.73 Å². The Balaban J connectivity index is 2.71. The summed E-state index contributed by atoms with van der Waals surface area (Å²) in [4.78, 5) is 14.7. The zero-order chi connectivity index (χ0) is 13.3. The van der Waals surface area contributed by atoms with Gasteiger partial charge in [-0.05, 0) is 12.1 Å². The molecule has 0 spiro atoms. The number of hydrogen-bond acceptors (Lipinski definition) is 3. The molecule has 2 aromatic rings. The number of nitrogen functional groups attached to an aromatic ring is 1. The zero-order valence-electron chi connectivity index (χ0n) is 9.02. The highest BCUT2D eigenvalue weighted by Gasteiger charge is 2.17. The molecule has 0 aliphatic rings. The van der Waals surface area contributed by atoms with Gasteiger partial charge in [-0.2, -0.15) is 0 Å². The van der Waals surface area contributed by atoms with E-state index < -0.39 is 17.6 Å². The summed E-state index contributed by atoms with van der Waals surface area (Å²) < 4.78 is 26.7. The van der Waals surface area contributed by atoms with Crippen molar-refractivity contribution in [2.75, 3.05) is 5.73 Å². The summed E-state index contributed by atoms with van der Waals surface area (Å²) in [5, 5.41) is 9.01. The van der Waals surface area contributed by atoms with Gasteiger partial charge in [0.1, 0.15) is 5.82 Å². The molecule has 0 saturated heterocycles. The Hall–Kier alpha value is -2.50. The first kappa shape index (κ1) is 12.0. The fraction of sp³-hybridized carbons (Fsp3) is 0. The number of carbonyl (C=O) groups is 1. The number of rotatable bonds is 2. The maximum atomic E-state index is 13.6. The summed E-state index contributed by atoms with van der Waals surface area (Å²) in [5.74, 6) is -3.47. The molecule has 0 radical (unpaired) electrons. The van der Waals surface area contributed by atoms with E-state index in [1.165, 1.54) is 12.1 Å². The maximum Gasteiger partial charge on any atom is 0.336 e. The van der Waals surface area contributed by atoms with Crippen LogP contribution in [0, 0.1) is 11.6 Å². The predicted octanol–water partition coefficient (Wildman–Crippen LogP) is 2.31. The Morgan fingerprint density at radius 1 is 1.28 bits per heavy atom. The molecular formula is C12H8F2N2O2. The number of nitrogens with zero attached hydrogens (tertiary/aromatic N) is 1. The molecule has 1 aromatic carbocycles. The van der Waals surface area contributed by atoms with Crippen LogP contribution in [0.25, 0.3) is 11.1 Å². The van der Waals surface area contributed by atoms with Crippen LogP contribution in [-0.2, 0) is 0 Å². The smallest absolute Gasteiger partial charge is 0.336 e. The summed E-state index contributed by atoms with van der Waals surface area (Å²) in [6, 6.07) is 4.61. The second-order valence-corrected chi connectivity index (χ2v) is 3.56. The topological polar surface area (TPSA) is 76.2 Å². The third-order valence-corrected chi connectivity index (χ3v) is 2.40. The van der Waals surface area contributed by atoms with E-state index in [0.29, 0.717) is 0 Å². The number of benzene rings is 1. The van der Waals surface area contributed by atoms with Gasteiger partial charge in [-0.1, -0.05) is 12.1 Å². The first-order valence-electron chi connectivity index (χ1n) is 4.94. The Morgan fingerprint density at radius 2 is 2.00 bits per heavy atom. The molecule has 18 heavy (non-hydrogen) atoms. The van der Waals surface area contributed by atoms with Crippen molar-refractivity contribution in [3.63, 3.8) is 0 Å². The van der Waals surface area contributed by atoms with E-state index in [4.69, 9.17) is 10.8 Å². The van der Waals surface area contributed by atoms with Crippen molar-refractivity contribution in [3.8, 4) is 11.1 Å². The molecule has 0 bridgehead atoms. The minimum atomic E-state index is -1.29. The highest BCUT2D eigenvalue weighted by Crippen LogP contribution is 2.28. The van der Waals surface area contributed by atoms with Crippen molar-refractivity contribution in [2.24, 2.45) is 0 Å². The number of aromatic nitrogens is 1. The van der Waals surface area contributed by atoms with E-state index in [2.05, 4.69) is 4.98 Å². The Bertz CT molecular complexity index is 629. The van der Waals surface area contributed by atoms with Crippen LogP contribution >= 0.6 is 0 Å². The second kappa shape index (κ2) is 4.40. The zero-order valence-corrected chi connectivity index (χ0v) is 9.02. The van der Waals surface area contributed by atoms with E-state index in [0.717, 1.165) is 18.3 Å². The van der Waals surface area contributed by atoms with Gasteiger partial charge in [-0.15, -0.1) is 0 Å². The highest BCUT2D eigenvalue weighted by atomic mass is 19.2. The number of nitrogens with two attached hydrogens (primary N) is 1. The number of anilines is 1. The molecule has 0 unspecified atom stereocenters. The molecule has 0 amide bonds. The van der Waals surface area contributed by atoms with Crippen molar-refractivity contribution in [3.05, 3.63) is 47.7 Å². The molecule has 2 rings (SSSR count). The Labute approximate surface area is 101 Å². The van der Waals surface area contributed by atoms with Crippen LogP contribution in [0.5, 0.6) is 0 Å². The van der Waals surface area contributed by atoms with Gasteiger partial charge in [0.2, 0.25) is 0 Å². The molecule has 1 heterocycles. The lowest BCUT2D eigenvalue weighted by atomic mass is 10.0. The standard InChI is InChI=1S/C12H8F2N2O2/c13-9-3-1-2-6(11(9)14)8-5-16-10(15)4-7(8)12(17)18/h1-5H,(H2,15,16)(H,17,18). The summed E-state index contributed by atoms with van der Waals surface area (Å²) in [6.45, 7) is 0. The fourth-order valence-corrected chi connectivity index (χ4v) is 1.57. The maximum absolute atomic E-state index is 13.6. The number of pyridine rings is 1. The first-order chi connectivity index (χ1) is 8.50. The average Bonchev–Trinajstić information content (AvgIpc) is 2.33. The number of hydrogen-bond donors (Lipinski definition) is 2. The van der Waals surface area contributed by atoms with Crippen LogP contribution in [0.3, 0.4) is 0 Å². The fourth-order valence-electron chi connectivity index (χ4n) is 1.57. The van der Waals surface area contributed by atoms with Gasteiger partial charge in [0.05, 0.1) is 5.56 Å². The third-order valence-electron chi connectivity index (χ3n) is 2.40. The van der Waals surface area contributed by atoms with Gasteiger partial charge >= 0.3 is 5.97 Å². The summed E-state index contributed by atoms with van der Waals surface area (Å²) in [7, 11) is 0. The highest BCUT2D eigenvalue weighted by molar-refractivity contribution is 5.96. The molecule has 92 valence electrons. The SMILES string of the molecule is Nc1cc(C(=O)O)c(-c2cccc(F)c2F)cn1. The number of carboxylic acids is 1. The molecule has 4 nitrogen and oxygen atoms in total. The van der Waals surface area contributed by atoms with E-state index in [9.17, 15) is 13.6 Å². The largest absolute Gasteiger partial charge is 0.478 e. The molecule has 6 heteroatoms. The minimum absolute atomic E-state index is 0.00652. The average molecular weight is 250 g/mol. The van der Waals surface area contributed by atoms with Gasteiger partial charge in [-0.3, -0.25) is 0 Å². The minimum Gasteiger partial charge on any atom is -0.478 e. The molecular weight excluding hydrogens is 242 g/mol. The van der Waals surface area contributed by atoms with Crippen molar-refractivity contribution >= 4 is 11.8 Å². The Kier molecular flexibility index (Phi) is 2.93. The molecule has 3 N–H and O–H groups in total. The third kappa shape index (κ3) is 2.00. The van der Waals surface area contributed by atoms with Crippen molar-refractivity contribution in [1.29, 1.82) is 0 Å². The van der Waals surface area contributed by atoms with E-state index in [-0.39, 0.29) is 22.5 Å². The van der Waals surface area contributed by atoms with Gasteiger partial charge in [-0.25, -0.2) is 18.6 Å². The van der Waals surface area contributed by atoms with E-state index in [1.807, 2.05) is 0 Å². The second-order valence-electron chi connectivity index (χ2n) is 3.56. The van der Waals surface area contributed by atoms with Gasteiger partial charge in [0.15, 0.2) is 11.6 Å². The molecule has 0 atom stereocenters. The van der Waals surface area contributed by atoms with Crippen LogP contribution in [0.15, 0.2) is 30.5 Å². The molecule has 0 fully saturated rings. The quantitative estimate of drug-likeness (QED) is 0.857. The summed E-state index contributed by atoms with van der Waals surface area (Å²) >= 11 is 0. The van der Waals surface area contributed by atoms with Crippen LogP contribution in [0.4, 0.5) is 14.6 Å². The lowest BCUT2D eigenvalue weighted by molar-refractivity contribution is 0.0697. The molecule has 1 aromatic heterocycles. The van der Waals surface area contributed by atoms with E-state index in [1.54, 1.807) is 0 Å². The van der Waals surface area contributed by atoms with Crippen LogP contribution in [0.1, 0.15) is 10.4 Å². The molecule has 0 aliphatic heterocycles. The lowest BCUT2D eigenvalue weighted by Gasteiger charge is -2.08. The van der Waals surface area contributed by atoms with Crippen molar-refractivity contribution in [2.45, 2.75) is 0 Å². The van der Waals surface area contributed by atoms with Gasteiger partial charge < -0.3 is 10.8 Å². The lowest BCUT2D eigenvalue weighted by Crippen LogP contribution is -2.04. The predicted molar refractivity (Wildman–Crippen MR) is 61.0 cm³/mol. The van der Waals surface area contributed by atoms with E-state index >= 15 is 0 Å². The van der Waals surface area contributed by atoms with Crippen LogP contribution in [0.2, 0.25) is 0 Å². The normalized spacial score (nSPS) is 10.3. The summed E-state index contributed by atoms with van der Waals surface area (Å²) in [6.07, 6.45) is 1.11. The van der Waals surface area contributed by atoms with Gasteiger partial charge in [0.25, 0.3) is 0 Å². The number of carboxylic acid groups (broad SMARTS) is 1. The molecule has 0 saturated carbocycles. The van der Waals surface area contributed by atoms with Crippen molar-refractivity contribution < 1.29 is 18.7 Å². The monoisotopic (exact) mass is 250 g/mol. The van der Waals surface area contributed by atoms with Gasteiger partial charge in [0, 0.05) is 17.3 Å². The van der Waals surface area contributed by atoms with Crippen LogP contribution in [-0.4, -0.2) is 16.1 Å². The summed E-state index contributed by atoms with van der Waals surface area (Å²) in [5.41, 5.74) is 4.95. The molecule has 0 aliphatic carbocycles. The first-order valence-corrected chi connectivity index (χ1v) is 4.94. The Morgan fingerprint density at radius 3 is 2.67 bits per heavy atom. The van der Waals surface area contributed by atoms with Crippen molar-refractivity contribution in [1.82, 2.24) is 4.98 Å². The number of halogens is 2. The number of aromatic carboxylic acids is 1.